The third-order valence-corrected chi connectivity index (χ3v) is 7.39. The van der Waals surface area contributed by atoms with Gasteiger partial charge < -0.3 is 23.9 Å². The van der Waals surface area contributed by atoms with E-state index in [1.807, 2.05) is 41.8 Å². The van der Waals surface area contributed by atoms with E-state index in [0.29, 0.717) is 30.3 Å². The van der Waals surface area contributed by atoms with Gasteiger partial charge in [0.1, 0.15) is 17.0 Å². The van der Waals surface area contributed by atoms with E-state index in [4.69, 9.17) is 9.15 Å². The van der Waals surface area contributed by atoms with Crippen molar-refractivity contribution in [2.45, 2.75) is 64.2 Å². The average Bonchev–Trinajstić information content (AvgIpc) is 3.41. The van der Waals surface area contributed by atoms with Gasteiger partial charge >= 0.3 is 0 Å². The fourth-order valence-electron chi connectivity index (χ4n) is 5.18. The van der Waals surface area contributed by atoms with Crippen molar-refractivity contribution in [1.82, 2.24) is 14.8 Å². The predicted molar refractivity (Wildman–Crippen MR) is 125 cm³/mol. The van der Waals surface area contributed by atoms with E-state index in [-0.39, 0.29) is 17.9 Å². The summed E-state index contributed by atoms with van der Waals surface area (Å²) in [4.78, 5) is 29.2. The highest BCUT2D eigenvalue weighted by Crippen LogP contribution is 2.34. The molecule has 1 aliphatic heterocycles. The van der Waals surface area contributed by atoms with Gasteiger partial charge in [0.25, 0.3) is 5.91 Å². The summed E-state index contributed by atoms with van der Waals surface area (Å²) >= 11 is 0. The van der Waals surface area contributed by atoms with Crippen molar-refractivity contribution >= 4 is 22.9 Å². The monoisotopic (exact) mass is 449 g/mol. The van der Waals surface area contributed by atoms with E-state index in [9.17, 15) is 9.59 Å². The topological polar surface area (TPSA) is 76.7 Å². The second-order valence-corrected chi connectivity index (χ2v) is 9.73. The molecule has 0 unspecified atom stereocenters. The second kappa shape index (κ2) is 8.28. The lowest BCUT2D eigenvalue weighted by Gasteiger charge is -2.45. The number of hydrogen-bond acceptors (Lipinski definition) is 4. The number of fused-ring (bicyclic) bond motifs is 3. The van der Waals surface area contributed by atoms with Crippen LogP contribution in [0.25, 0.3) is 11.1 Å². The molecule has 2 aromatic heterocycles. The van der Waals surface area contributed by atoms with Gasteiger partial charge in [0.2, 0.25) is 5.91 Å². The first kappa shape index (κ1) is 21.6. The van der Waals surface area contributed by atoms with Crippen molar-refractivity contribution in [1.29, 1.82) is 0 Å². The van der Waals surface area contributed by atoms with Crippen molar-refractivity contribution < 1.29 is 18.7 Å². The molecule has 0 bridgehead atoms. The molecule has 1 N–H and O–H groups in total. The molecule has 174 valence electrons. The molecule has 3 heterocycles. The summed E-state index contributed by atoms with van der Waals surface area (Å²) < 4.78 is 12.7. The number of carbonyl (C=O) groups is 2. The molecule has 3 aromatic rings. The lowest BCUT2D eigenvalue weighted by Crippen LogP contribution is -2.64. The zero-order chi connectivity index (χ0) is 23.2. The van der Waals surface area contributed by atoms with Crippen LogP contribution in [0.1, 0.15) is 55.6 Å². The van der Waals surface area contributed by atoms with Crippen LogP contribution in [0.5, 0.6) is 5.75 Å². The van der Waals surface area contributed by atoms with Gasteiger partial charge in [-0.1, -0.05) is 19.1 Å². The largest absolute Gasteiger partial charge is 0.497 e. The highest BCUT2D eigenvalue weighted by Gasteiger charge is 2.48. The Morgan fingerprint density at radius 2 is 1.91 bits per heavy atom. The zero-order valence-corrected chi connectivity index (χ0v) is 19.5. The van der Waals surface area contributed by atoms with Crippen LogP contribution in [0.3, 0.4) is 0 Å². The Kier molecular flexibility index (Phi) is 5.43. The summed E-state index contributed by atoms with van der Waals surface area (Å²) in [6.07, 6.45) is 5.82. The van der Waals surface area contributed by atoms with Gasteiger partial charge in [-0.3, -0.25) is 9.59 Å². The van der Waals surface area contributed by atoms with Gasteiger partial charge in [0.05, 0.1) is 25.4 Å². The highest BCUT2D eigenvalue weighted by atomic mass is 16.5. The van der Waals surface area contributed by atoms with Gasteiger partial charge in [0.15, 0.2) is 5.58 Å². The normalized spacial score (nSPS) is 25.2. The van der Waals surface area contributed by atoms with Crippen LogP contribution >= 0.6 is 0 Å². The summed E-state index contributed by atoms with van der Waals surface area (Å²) in [6.45, 7) is 4.85. The zero-order valence-electron chi connectivity index (χ0n) is 19.5. The quantitative estimate of drug-likeness (QED) is 0.628. The number of methoxy groups -OCH3 is 1. The van der Waals surface area contributed by atoms with E-state index in [2.05, 4.69) is 12.2 Å². The minimum Gasteiger partial charge on any atom is -0.497 e. The molecule has 5 rings (SSSR count). The van der Waals surface area contributed by atoms with Gasteiger partial charge in [0, 0.05) is 24.7 Å². The van der Waals surface area contributed by atoms with E-state index < -0.39 is 5.54 Å². The number of rotatable bonds is 5. The van der Waals surface area contributed by atoms with Gasteiger partial charge in [-0.05, 0) is 56.2 Å². The van der Waals surface area contributed by atoms with Crippen LogP contribution < -0.4 is 10.1 Å². The molecule has 1 fully saturated rings. The molecular formula is C26H31N3O4. The van der Waals surface area contributed by atoms with Crippen molar-refractivity contribution in [3.63, 3.8) is 0 Å². The van der Waals surface area contributed by atoms with Crippen molar-refractivity contribution in [3.8, 4) is 5.75 Å². The molecule has 2 amide bonds. The summed E-state index contributed by atoms with van der Waals surface area (Å²) in [5.74, 6) is 1.19. The number of ether oxygens (including phenoxy) is 1. The molecule has 1 aliphatic carbocycles. The average molecular weight is 450 g/mol. The minimum absolute atomic E-state index is 0.0973. The van der Waals surface area contributed by atoms with Gasteiger partial charge in [-0.25, -0.2) is 0 Å². The number of carbonyl (C=O) groups excluding carboxylic acids is 2. The molecule has 2 aliphatic rings. The molecule has 0 spiro atoms. The summed E-state index contributed by atoms with van der Waals surface area (Å²) in [6, 6.07) is 11.4. The first-order chi connectivity index (χ1) is 15.9. The number of aromatic nitrogens is 1. The molecule has 7 nitrogen and oxygen atoms in total. The lowest BCUT2D eigenvalue weighted by molar-refractivity contribution is -0.134. The molecule has 1 saturated carbocycles. The van der Waals surface area contributed by atoms with Crippen LogP contribution in [0.4, 0.5) is 0 Å². The standard InChI is InChI=1S/C26H31N3O4/c1-17-4-8-19(9-5-17)27-25(31)26(2)16-28-21-12-13-33-23(21)14-22(28)24(30)29(26)15-18-6-10-20(32-3)11-7-18/h6-7,10-14,17,19H,4-5,8-9,15-16H2,1-3H3,(H,27,31)/t17?,19?,26-/m1/s1. The first-order valence-electron chi connectivity index (χ1n) is 11.7. The number of amides is 2. The molecule has 0 saturated heterocycles. The van der Waals surface area contributed by atoms with Crippen LogP contribution in [-0.4, -0.2) is 40.0 Å². The van der Waals surface area contributed by atoms with E-state index in [1.54, 1.807) is 24.3 Å². The Bertz CT molecular complexity index is 1170. The van der Waals surface area contributed by atoms with Crippen LogP contribution in [-0.2, 0) is 17.9 Å². The van der Waals surface area contributed by atoms with Crippen LogP contribution in [0, 0.1) is 5.92 Å². The fourth-order valence-corrected chi connectivity index (χ4v) is 5.18. The summed E-state index contributed by atoms with van der Waals surface area (Å²) in [5, 5.41) is 3.28. The maximum Gasteiger partial charge on any atom is 0.271 e. The Balaban J connectivity index is 1.49. The van der Waals surface area contributed by atoms with Crippen molar-refractivity contribution in [2.24, 2.45) is 5.92 Å². The smallest absolute Gasteiger partial charge is 0.271 e. The molecule has 7 heteroatoms. The summed E-state index contributed by atoms with van der Waals surface area (Å²) in [5.41, 5.74) is 1.96. The highest BCUT2D eigenvalue weighted by molar-refractivity contribution is 6.02. The van der Waals surface area contributed by atoms with Crippen LogP contribution in [0.15, 0.2) is 47.1 Å². The predicted octanol–water partition coefficient (Wildman–Crippen LogP) is 4.35. The van der Waals surface area contributed by atoms with Crippen molar-refractivity contribution in [2.75, 3.05) is 7.11 Å². The van der Waals surface area contributed by atoms with E-state index in [1.165, 1.54) is 0 Å². The molecule has 33 heavy (non-hydrogen) atoms. The Morgan fingerprint density at radius 1 is 1.18 bits per heavy atom. The number of hydrogen-bond donors (Lipinski definition) is 1. The van der Waals surface area contributed by atoms with E-state index in [0.717, 1.165) is 42.5 Å². The maximum atomic E-state index is 13.8. The third kappa shape index (κ3) is 3.79. The Labute approximate surface area is 193 Å². The molecule has 0 radical (unpaired) electrons. The van der Waals surface area contributed by atoms with Crippen LogP contribution in [0.2, 0.25) is 0 Å². The minimum atomic E-state index is -1.03. The molecular weight excluding hydrogens is 418 g/mol. The second-order valence-electron chi connectivity index (χ2n) is 9.73. The maximum absolute atomic E-state index is 13.8. The number of benzene rings is 1. The fraction of sp³-hybridized carbons (Fsp3) is 0.462. The van der Waals surface area contributed by atoms with Crippen molar-refractivity contribution in [3.05, 3.63) is 53.9 Å². The molecule has 1 atom stereocenters. The lowest BCUT2D eigenvalue weighted by atomic mass is 9.86. The number of nitrogens with zero attached hydrogens (tertiary/aromatic N) is 2. The molecule has 1 aromatic carbocycles. The first-order valence-corrected chi connectivity index (χ1v) is 11.7. The number of nitrogens with one attached hydrogen (secondary N) is 1. The van der Waals surface area contributed by atoms with Gasteiger partial charge in [-0.15, -0.1) is 0 Å². The Hall–Kier alpha value is -3.22. The van der Waals surface area contributed by atoms with E-state index >= 15 is 0 Å². The van der Waals surface area contributed by atoms with Gasteiger partial charge in [-0.2, -0.15) is 0 Å². The third-order valence-electron chi connectivity index (χ3n) is 7.39. The SMILES string of the molecule is COc1ccc(CN2C(=O)c3cc4occc4n3C[C@]2(C)C(=O)NC2CCC(C)CC2)cc1. The number of furan rings is 1. The Morgan fingerprint density at radius 3 is 2.61 bits per heavy atom. The summed E-state index contributed by atoms with van der Waals surface area (Å²) in [7, 11) is 1.63.